The Hall–Kier alpha value is -0.510. The topological polar surface area (TPSA) is 29.3 Å². The minimum absolute atomic E-state index is 0.704. The molecule has 106 valence electrons. The molecule has 1 aromatic rings. The van der Waals surface area contributed by atoms with E-state index in [1.54, 1.807) is 0 Å². The summed E-state index contributed by atoms with van der Waals surface area (Å²) < 4.78 is 0. The summed E-state index contributed by atoms with van der Waals surface area (Å²) in [7, 11) is 2.27. The van der Waals surface area contributed by atoms with Crippen molar-refractivity contribution < 1.29 is 0 Å². The molecular weight excluding hydrogens is 252 g/mol. The van der Waals surface area contributed by atoms with Crippen LogP contribution in [0.2, 0.25) is 0 Å². The Kier molecular flexibility index (Phi) is 6.21. The van der Waals surface area contributed by atoms with Crippen LogP contribution in [0.25, 0.3) is 0 Å². The lowest BCUT2D eigenvalue weighted by Gasteiger charge is -2.37. The first-order chi connectivity index (χ1) is 9.31. The van der Waals surface area contributed by atoms with Crippen molar-refractivity contribution in [2.75, 3.05) is 25.9 Å². The first-order valence-electron chi connectivity index (χ1n) is 7.39. The summed E-state index contributed by atoms with van der Waals surface area (Å²) >= 11 is 1.95. The molecule has 0 amide bonds. The van der Waals surface area contributed by atoms with Gasteiger partial charge in [-0.25, -0.2) is 0 Å². The molecule has 2 N–H and O–H groups in total. The molecule has 1 aliphatic carbocycles. The van der Waals surface area contributed by atoms with E-state index in [9.17, 15) is 0 Å². The van der Waals surface area contributed by atoms with Crippen LogP contribution in [0.15, 0.2) is 35.2 Å². The lowest BCUT2D eigenvalue weighted by Crippen LogP contribution is -2.43. The summed E-state index contributed by atoms with van der Waals surface area (Å²) in [6.45, 7) is 2.00. The van der Waals surface area contributed by atoms with E-state index >= 15 is 0 Å². The van der Waals surface area contributed by atoms with Crippen molar-refractivity contribution in [3.05, 3.63) is 30.3 Å². The molecule has 0 spiro atoms. The van der Waals surface area contributed by atoms with Crippen LogP contribution in [0.1, 0.15) is 25.7 Å². The summed E-state index contributed by atoms with van der Waals surface area (Å²) in [6, 6.07) is 11.4. The minimum Gasteiger partial charge on any atom is -0.330 e. The highest BCUT2D eigenvalue weighted by Crippen LogP contribution is 2.27. The zero-order valence-electron chi connectivity index (χ0n) is 11.9. The Bertz CT molecular complexity index is 355. The summed E-state index contributed by atoms with van der Waals surface area (Å²) in [5, 5.41) is 0. The maximum atomic E-state index is 5.92. The summed E-state index contributed by atoms with van der Waals surface area (Å²) in [6.07, 6.45) is 5.38. The minimum atomic E-state index is 0.704. The van der Waals surface area contributed by atoms with Crippen LogP contribution in [0.4, 0.5) is 0 Å². The number of nitrogens with zero attached hydrogens (tertiary/aromatic N) is 1. The Morgan fingerprint density at radius 2 is 1.95 bits per heavy atom. The van der Waals surface area contributed by atoms with E-state index in [2.05, 4.69) is 42.3 Å². The molecule has 0 saturated heterocycles. The fourth-order valence-corrected chi connectivity index (χ4v) is 4.00. The molecule has 2 atom stereocenters. The van der Waals surface area contributed by atoms with E-state index in [1.165, 1.54) is 30.6 Å². The third kappa shape index (κ3) is 4.51. The molecular formula is C16H26N2S. The zero-order chi connectivity index (χ0) is 13.5. The number of nitrogens with two attached hydrogens (primary N) is 1. The van der Waals surface area contributed by atoms with Gasteiger partial charge in [-0.3, -0.25) is 0 Å². The smallest absolute Gasteiger partial charge is 0.0133 e. The Morgan fingerprint density at radius 3 is 2.68 bits per heavy atom. The predicted octanol–water partition coefficient (Wildman–Crippen LogP) is 3.23. The third-order valence-electron chi connectivity index (χ3n) is 4.19. The first kappa shape index (κ1) is 14.9. The van der Waals surface area contributed by atoms with Crippen LogP contribution >= 0.6 is 11.8 Å². The van der Waals surface area contributed by atoms with Crippen LogP contribution in [-0.2, 0) is 0 Å². The predicted molar refractivity (Wildman–Crippen MR) is 84.6 cm³/mol. The molecule has 2 rings (SSSR count). The van der Waals surface area contributed by atoms with Gasteiger partial charge in [-0.2, -0.15) is 0 Å². The van der Waals surface area contributed by atoms with Crippen molar-refractivity contribution in [3.8, 4) is 0 Å². The van der Waals surface area contributed by atoms with Crippen LogP contribution < -0.4 is 5.73 Å². The van der Waals surface area contributed by atoms with Crippen molar-refractivity contribution in [3.63, 3.8) is 0 Å². The monoisotopic (exact) mass is 278 g/mol. The fraction of sp³-hybridized carbons (Fsp3) is 0.625. The van der Waals surface area contributed by atoms with Crippen molar-refractivity contribution in [2.24, 2.45) is 11.7 Å². The fourth-order valence-electron chi connectivity index (χ4n) is 3.03. The van der Waals surface area contributed by atoms with Gasteiger partial charge >= 0.3 is 0 Å². The molecule has 1 fully saturated rings. The van der Waals surface area contributed by atoms with Crippen molar-refractivity contribution in [2.45, 2.75) is 36.6 Å². The number of thioether (sulfide) groups is 1. The molecule has 1 aliphatic rings. The average Bonchev–Trinajstić information content (AvgIpc) is 2.48. The molecule has 0 heterocycles. The highest BCUT2D eigenvalue weighted by molar-refractivity contribution is 7.99. The number of hydrogen-bond acceptors (Lipinski definition) is 3. The third-order valence-corrected chi connectivity index (χ3v) is 5.19. The first-order valence-corrected chi connectivity index (χ1v) is 8.38. The van der Waals surface area contributed by atoms with Crippen LogP contribution in [0.3, 0.4) is 0 Å². The molecule has 0 bridgehead atoms. The Labute approximate surface area is 121 Å². The molecule has 1 aromatic carbocycles. The van der Waals surface area contributed by atoms with Gasteiger partial charge in [0.1, 0.15) is 0 Å². The van der Waals surface area contributed by atoms with Gasteiger partial charge in [-0.1, -0.05) is 31.0 Å². The Morgan fingerprint density at radius 1 is 1.21 bits per heavy atom. The van der Waals surface area contributed by atoms with Gasteiger partial charge in [0, 0.05) is 23.2 Å². The second-order valence-electron chi connectivity index (χ2n) is 5.49. The highest BCUT2D eigenvalue weighted by atomic mass is 32.2. The second kappa shape index (κ2) is 7.93. The quantitative estimate of drug-likeness (QED) is 0.810. The largest absolute Gasteiger partial charge is 0.330 e. The van der Waals surface area contributed by atoms with Crippen LogP contribution in [0, 0.1) is 5.92 Å². The van der Waals surface area contributed by atoms with Gasteiger partial charge in [0.15, 0.2) is 0 Å². The van der Waals surface area contributed by atoms with Gasteiger partial charge < -0.3 is 10.6 Å². The molecule has 3 heteroatoms. The van der Waals surface area contributed by atoms with Crippen molar-refractivity contribution >= 4 is 11.8 Å². The van der Waals surface area contributed by atoms with Gasteiger partial charge in [0.2, 0.25) is 0 Å². The number of benzene rings is 1. The lowest BCUT2D eigenvalue weighted by molar-refractivity contribution is 0.140. The number of hydrogen-bond donors (Lipinski definition) is 1. The Balaban J connectivity index is 1.75. The SMILES string of the molecule is CN(CCSc1ccccc1)C1CCCCC1CN. The van der Waals surface area contributed by atoms with E-state index < -0.39 is 0 Å². The number of rotatable bonds is 6. The maximum Gasteiger partial charge on any atom is 0.0133 e. The van der Waals surface area contributed by atoms with E-state index in [4.69, 9.17) is 5.73 Å². The van der Waals surface area contributed by atoms with Gasteiger partial charge in [0.25, 0.3) is 0 Å². The van der Waals surface area contributed by atoms with E-state index in [0.717, 1.165) is 18.8 Å². The second-order valence-corrected chi connectivity index (χ2v) is 6.66. The standard InChI is InChI=1S/C16H26N2S/c1-18(16-10-6-5-7-14(16)13-17)11-12-19-15-8-3-2-4-9-15/h2-4,8-9,14,16H,5-7,10-13,17H2,1H3. The zero-order valence-corrected chi connectivity index (χ0v) is 12.7. The summed E-state index contributed by atoms with van der Waals surface area (Å²) in [5.74, 6) is 1.87. The molecule has 1 saturated carbocycles. The van der Waals surface area contributed by atoms with E-state index in [0.29, 0.717) is 12.0 Å². The summed E-state index contributed by atoms with van der Waals surface area (Å²) in [5.41, 5.74) is 5.92. The molecule has 2 nitrogen and oxygen atoms in total. The van der Waals surface area contributed by atoms with Gasteiger partial charge in [-0.15, -0.1) is 11.8 Å². The lowest BCUT2D eigenvalue weighted by atomic mass is 9.84. The highest BCUT2D eigenvalue weighted by Gasteiger charge is 2.26. The molecule has 2 unspecified atom stereocenters. The van der Waals surface area contributed by atoms with Crippen molar-refractivity contribution in [1.82, 2.24) is 4.90 Å². The van der Waals surface area contributed by atoms with Gasteiger partial charge in [-0.05, 0) is 44.5 Å². The maximum absolute atomic E-state index is 5.92. The van der Waals surface area contributed by atoms with E-state index in [1.807, 2.05) is 11.8 Å². The summed E-state index contributed by atoms with van der Waals surface area (Å²) in [4.78, 5) is 3.90. The van der Waals surface area contributed by atoms with E-state index in [-0.39, 0.29) is 0 Å². The molecule has 0 radical (unpaired) electrons. The van der Waals surface area contributed by atoms with Crippen LogP contribution in [-0.4, -0.2) is 36.8 Å². The molecule has 0 aliphatic heterocycles. The average molecular weight is 278 g/mol. The molecule has 0 aromatic heterocycles. The molecule has 19 heavy (non-hydrogen) atoms. The van der Waals surface area contributed by atoms with Crippen LogP contribution in [0.5, 0.6) is 0 Å². The van der Waals surface area contributed by atoms with Gasteiger partial charge in [0.05, 0.1) is 0 Å². The van der Waals surface area contributed by atoms with Crippen molar-refractivity contribution in [1.29, 1.82) is 0 Å². The normalized spacial score (nSPS) is 23.7.